The minimum absolute atomic E-state index is 0.530. The van der Waals surface area contributed by atoms with Gasteiger partial charge in [0.1, 0.15) is 17.9 Å². The molecular formula is C25H19ClN4O. The summed E-state index contributed by atoms with van der Waals surface area (Å²) in [5.74, 6) is 1.33. The molecule has 0 bridgehead atoms. The van der Waals surface area contributed by atoms with Gasteiger partial charge in [0.25, 0.3) is 0 Å². The summed E-state index contributed by atoms with van der Waals surface area (Å²) in [5.41, 5.74) is 4.81. The van der Waals surface area contributed by atoms with Crippen LogP contribution in [0.2, 0.25) is 5.02 Å². The number of halogens is 1. The Morgan fingerprint density at radius 2 is 1.65 bits per heavy atom. The summed E-state index contributed by atoms with van der Waals surface area (Å²) in [7, 11) is 1.60. The number of fused-ring (bicyclic) bond motifs is 1. The fraction of sp³-hybridized carbons (Fsp3) is 0.0400. The van der Waals surface area contributed by atoms with Crippen molar-refractivity contribution < 1.29 is 4.74 Å². The summed E-state index contributed by atoms with van der Waals surface area (Å²) in [5, 5.41) is 4.87. The van der Waals surface area contributed by atoms with Gasteiger partial charge in [0.05, 0.1) is 17.5 Å². The fourth-order valence-electron chi connectivity index (χ4n) is 3.66. The second-order valence-corrected chi connectivity index (χ2v) is 7.42. The molecule has 0 saturated heterocycles. The second-order valence-electron chi connectivity index (χ2n) is 7.01. The van der Waals surface area contributed by atoms with Crippen LogP contribution in [0, 0.1) is 0 Å². The molecular weight excluding hydrogens is 408 g/mol. The van der Waals surface area contributed by atoms with E-state index in [0.29, 0.717) is 16.6 Å². The number of rotatable bonds is 5. The van der Waals surface area contributed by atoms with Gasteiger partial charge in [0.2, 0.25) is 0 Å². The van der Waals surface area contributed by atoms with Crippen LogP contribution in [0.4, 0.5) is 11.5 Å². The van der Waals surface area contributed by atoms with Crippen molar-refractivity contribution in [3.8, 4) is 22.6 Å². The Morgan fingerprint density at radius 1 is 0.903 bits per heavy atom. The molecule has 5 rings (SSSR count). The molecule has 5 nitrogen and oxygen atoms in total. The molecule has 6 heteroatoms. The van der Waals surface area contributed by atoms with E-state index in [2.05, 4.69) is 50.3 Å². The molecule has 0 aliphatic rings. The predicted molar refractivity (Wildman–Crippen MR) is 126 cm³/mol. The normalized spacial score (nSPS) is 10.9. The number of hydrogen-bond donors (Lipinski definition) is 1. The Morgan fingerprint density at radius 3 is 2.35 bits per heavy atom. The molecule has 0 aliphatic heterocycles. The van der Waals surface area contributed by atoms with Crippen molar-refractivity contribution in [3.05, 3.63) is 96.4 Å². The fourth-order valence-corrected chi connectivity index (χ4v) is 3.92. The monoisotopic (exact) mass is 426 g/mol. The highest BCUT2D eigenvalue weighted by Gasteiger charge is 2.17. The Bertz CT molecular complexity index is 1350. The first kappa shape index (κ1) is 19.2. The number of benzene rings is 3. The quantitative estimate of drug-likeness (QED) is 0.349. The van der Waals surface area contributed by atoms with Crippen LogP contribution < -0.4 is 10.1 Å². The molecule has 0 spiro atoms. The standard InChI is InChI=1S/C25H19ClN4O/c1-31-22-13-12-18(14-21(22)26)29-24-23-20(17-8-4-2-5-9-17)15-30(25(23)28-16-27-24)19-10-6-3-7-11-19/h2-16H,1H3,(H,27,28,29). The van der Waals surface area contributed by atoms with Gasteiger partial charge in [0, 0.05) is 23.1 Å². The molecule has 0 unspecified atom stereocenters. The van der Waals surface area contributed by atoms with Gasteiger partial charge in [-0.2, -0.15) is 0 Å². The molecule has 31 heavy (non-hydrogen) atoms. The Hall–Kier alpha value is -3.83. The van der Waals surface area contributed by atoms with E-state index >= 15 is 0 Å². The maximum absolute atomic E-state index is 6.32. The molecule has 0 aliphatic carbocycles. The van der Waals surface area contributed by atoms with Crippen LogP contribution in [0.5, 0.6) is 5.75 Å². The molecule has 0 atom stereocenters. The first-order valence-corrected chi connectivity index (χ1v) is 10.2. The number of ether oxygens (including phenoxy) is 1. The number of para-hydroxylation sites is 1. The van der Waals surface area contributed by atoms with E-state index in [4.69, 9.17) is 16.3 Å². The first-order valence-electron chi connectivity index (χ1n) is 9.82. The van der Waals surface area contributed by atoms with Gasteiger partial charge in [-0.3, -0.25) is 0 Å². The number of anilines is 2. The Kier molecular flexibility index (Phi) is 5.02. The Balaban J connectivity index is 1.71. The third-order valence-electron chi connectivity index (χ3n) is 5.12. The average Bonchev–Trinajstić information content (AvgIpc) is 3.21. The van der Waals surface area contributed by atoms with E-state index in [0.717, 1.165) is 33.5 Å². The van der Waals surface area contributed by atoms with Gasteiger partial charge >= 0.3 is 0 Å². The van der Waals surface area contributed by atoms with E-state index in [1.54, 1.807) is 13.4 Å². The number of aromatic nitrogens is 3. The van der Waals surface area contributed by atoms with Crippen molar-refractivity contribution in [3.63, 3.8) is 0 Å². The third kappa shape index (κ3) is 3.60. The van der Waals surface area contributed by atoms with Crippen LogP contribution in [-0.2, 0) is 0 Å². The maximum atomic E-state index is 6.32. The van der Waals surface area contributed by atoms with E-state index < -0.39 is 0 Å². The number of methoxy groups -OCH3 is 1. The van der Waals surface area contributed by atoms with Crippen LogP contribution in [0.15, 0.2) is 91.4 Å². The van der Waals surface area contributed by atoms with Crippen LogP contribution in [-0.4, -0.2) is 21.6 Å². The van der Waals surface area contributed by atoms with Crippen molar-refractivity contribution in [1.29, 1.82) is 0 Å². The molecule has 0 radical (unpaired) electrons. The van der Waals surface area contributed by atoms with Crippen LogP contribution in [0.3, 0.4) is 0 Å². The van der Waals surface area contributed by atoms with Crippen molar-refractivity contribution in [2.45, 2.75) is 0 Å². The second kappa shape index (κ2) is 8.13. The molecule has 3 aromatic carbocycles. The predicted octanol–water partition coefficient (Wildman–Crippen LogP) is 6.49. The van der Waals surface area contributed by atoms with Gasteiger partial charge in [-0.15, -0.1) is 0 Å². The molecule has 0 fully saturated rings. The lowest BCUT2D eigenvalue weighted by Crippen LogP contribution is -1.98. The average molecular weight is 427 g/mol. The van der Waals surface area contributed by atoms with Crippen molar-refractivity contribution >= 4 is 34.1 Å². The summed E-state index contributed by atoms with van der Waals surface area (Å²) in [4.78, 5) is 9.17. The zero-order valence-corrected chi connectivity index (χ0v) is 17.5. The highest BCUT2D eigenvalue weighted by Crippen LogP contribution is 2.37. The first-order chi connectivity index (χ1) is 15.2. The van der Waals surface area contributed by atoms with Crippen molar-refractivity contribution in [1.82, 2.24) is 14.5 Å². The Labute approximate surface area is 184 Å². The smallest absolute Gasteiger partial charge is 0.150 e. The van der Waals surface area contributed by atoms with Gasteiger partial charge in [-0.05, 0) is 35.9 Å². The minimum Gasteiger partial charge on any atom is -0.495 e. The van der Waals surface area contributed by atoms with E-state index in [-0.39, 0.29) is 0 Å². The number of nitrogens with zero attached hydrogens (tertiary/aromatic N) is 3. The lowest BCUT2D eigenvalue weighted by Gasteiger charge is -2.10. The lowest BCUT2D eigenvalue weighted by atomic mass is 10.1. The van der Waals surface area contributed by atoms with Gasteiger partial charge in [-0.1, -0.05) is 60.1 Å². The summed E-state index contributed by atoms with van der Waals surface area (Å²) >= 11 is 6.32. The SMILES string of the molecule is COc1ccc(Nc2ncnc3c2c(-c2ccccc2)cn3-c2ccccc2)cc1Cl. The number of hydrogen-bond acceptors (Lipinski definition) is 4. The highest BCUT2D eigenvalue weighted by atomic mass is 35.5. The largest absolute Gasteiger partial charge is 0.495 e. The maximum Gasteiger partial charge on any atom is 0.150 e. The zero-order valence-electron chi connectivity index (χ0n) is 16.8. The summed E-state index contributed by atoms with van der Waals surface area (Å²) < 4.78 is 7.35. The molecule has 1 N–H and O–H groups in total. The topological polar surface area (TPSA) is 52.0 Å². The summed E-state index contributed by atoms with van der Waals surface area (Å²) in [6.45, 7) is 0. The summed E-state index contributed by atoms with van der Waals surface area (Å²) in [6, 6.07) is 26.0. The molecule has 2 aromatic heterocycles. The van der Waals surface area contributed by atoms with Crippen molar-refractivity contribution in [2.75, 3.05) is 12.4 Å². The molecule has 0 amide bonds. The van der Waals surface area contributed by atoms with Crippen molar-refractivity contribution in [2.24, 2.45) is 0 Å². The van der Waals surface area contributed by atoms with Gasteiger partial charge in [0.15, 0.2) is 5.65 Å². The van der Waals surface area contributed by atoms with E-state index in [9.17, 15) is 0 Å². The van der Waals surface area contributed by atoms with E-state index in [1.807, 2.05) is 54.6 Å². The molecule has 0 saturated carbocycles. The highest BCUT2D eigenvalue weighted by molar-refractivity contribution is 6.32. The van der Waals surface area contributed by atoms with Crippen LogP contribution in [0.25, 0.3) is 27.8 Å². The molecule has 5 aromatic rings. The van der Waals surface area contributed by atoms with E-state index in [1.165, 1.54) is 0 Å². The number of nitrogens with one attached hydrogen (secondary N) is 1. The molecule has 2 heterocycles. The van der Waals surface area contributed by atoms with Crippen LogP contribution >= 0.6 is 11.6 Å². The molecule has 152 valence electrons. The lowest BCUT2D eigenvalue weighted by molar-refractivity contribution is 0.415. The van der Waals surface area contributed by atoms with Crippen LogP contribution in [0.1, 0.15) is 0 Å². The summed E-state index contributed by atoms with van der Waals surface area (Å²) in [6.07, 6.45) is 3.68. The van der Waals surface area contributed by atoms with Gasteiger partial charge in [-0.25, -0.2) is 9.97 Å². The minimum atomic E-state index is 0.530. The third-order valence-corrected chi connectivity index (χ3v) is 5.41. The van der Waals surface area contributed by atoms with Gasteiger partial charge < -0.3 is 14.6 Å². The zero-order chi connectivity index (χ0) is 21.2.